The van der Waals surface area contributed by atoms with Crippen LogP contribution in [-0.2, 0) is 14.6 Å². The highest BCUT2D eigenvalue weighted by Gasteiger charge is 2.29. The molecule has 5 nitrogen and oxygen atoms in total. The third-order valence-corrected chi connectivity index (χ3v) is 4.53. The molecule has 16 heavy (non-hydrogen) atoms. The van der Waals surface area contributed by atoms with Crippen molar-refractivity contribution in [1.82, 2.24) is 5.32 Å². The zero-order valence-corrected chi connectivity index (χ0v) is 10.4. The van der Waals surface area contributed by atoms with Crippen LogP contribution in [0.15, 0.2) is 0 Å². The lowest BCUT2D eigenvalue weighted by Crippen LogP contribution is -2.35. The summed E-state index contributed by atoms with van der Waals surface area (Å²) in [5.74, 6) is 0.467. The van der Waals surface area contributed by atoms with Crippen molar-refractivity contribution < 1.29 is 13.2 Å². The molecule has 0 radical (unpaired) electrons. The molecule has 0 aromatic heterocycles. The Morgan fingerprint density at radius 2 is 2.12 bits per heavy atom. The first kappa shape index (κ1) is 13.4. The molecule has 1 aliphatic carbocycles. The fourth-order valence-corrected chi connectivity index (χ4v) is 2.17. The summed E-state index contributed by atoms with van der Waals surface area (Å²) in [5.41, 5.74) is 5.78. The van der Waals surface area contributed by atoms with E-state index in [1.807, 2.05) is 0 Å². The molecule has 1 unspecified atom stereocenters. The van der Waals surface area contributed by atoms with E-state index in [0.717, 1.165) is 12.8 Å². The topological polar surface area (TPSA) is 89.3 Å². The van der Waals surface area contributed by atoms with Crippen molar-refractivity contribution in [3.05, 3.63) is 0 Å². The van der Waals surface area contributed by atoms with Gasteiger partial charge in [-0.1, -0.05) is 6.92 Å². The minimum atomic E-state index is -2.99. The molecule has 1 amide bonds. The number of hydrogen-bond acceptors (Lipinski definition) is 4. The molecule has 0 spiro atoms. The SMILES string of the molecule is CCS(=O)(=O)CCNC(=O)CC(N)C1CC1. The largest absolute Gasteiger partial charge is 0.355 e. The molecule has 0 aliphatic heterocycles. The van der Waals surface area contributed by atoms with Gasteiger partial charge in [0.25, 0.3) is 0 Å². The highest BCUT2D eigenvalue weighted by atomic mass is 32.2. The molecule has 6 heteroatoms. The zero-order chi connectivity index (χ0) is 12.2. The summed E-state index contributed by atoms with van der Waals surface area (Å²) in [6.07, 6.45) is 2.52. The van der Waals surface area contributed by atoms with Crippen molar-refractivity contribution >= 4 is 15.7 Å². The molecule has 0 saturated heterocycles. The van der Waals surface area contributed by atoms with E-state index in [2.05, 4.69) is 5.32 Å². The van der Waals surface area contributed by atoms with Gasteiger partial charge in [0.2, 0.25) is 5.91 Å². The van der Waals surface area contributed by atoms with Gasteiger partial charge in [0.05, 0.1) is 5.75 Å². The summed E-state index contributed by atoms with van der Waals surface area (Å²) < 4.78 is 22.3. The second kappa shape index (κ2) is 5.63. The molecule has 94 valence electrons. The minimum Gasteiger partial charge on any atom is -0.355 e. The van der Waals surface area contributed by atoms with Crippen LogP contribution in [0, 0.1) is 5.92 Å². The van der Waals surface area contributed by atoms with Crippen molar-refractivity contribution in [3.63, 3.8) is 0 Å². The first-order valence-corrected chi connectivity index (χ1v) is 7.49. The van der Waals surface area contributed by atoms with E-state index < -0.39 is 9.84 Å². The highest BCUT2D eigenvalue weighted by molar-refractivity contribution is 7.91. The number of sulfone groups is 1. The highest BCUT2D eigenvalue weighted by Crippen LogP contribution is 2.32. The average Bonchev–Trinajstić information content (AvgIpc) is 3.00. The summed E-state index contributed by atoms with van der Waals surface area (Å²) in [5, 5.41) is 2.59. The van der Waals surface area contributed by atoms with Crippen molar-refractivity contribution in [2.24, 2.45) is 11.7 Å². The Morgan fingerprint density at radius 3 is 2.62 bits per heavy atom. The number of rotatable bonds is 7. The normalized spacial score (nSPS) is 18.1. The summed E-state index contributed by atoms with van der Waals surface area (Å²) in [6.45, 7) is 1.78. The second-order valence-electron chi connectivity index (χ2n) is 4.29. The van der Waals surface area contributed by atoms with Crippen molar-refractivity contribution in [2.45, 2.75) is 32.2 Å². The first-order chi connectivity index (χ1) is 7.44. The van der Waals surface area contributed by atoms with Gasteiger partial charge >= 0.3 is 0 Å². The Bertz CT molecular complexity index is 336. The van der Waals surface area contributed by atoms with E-state index in [1.54, 1.807) is 6.92 Å². The number of hydrogen-bond donors (Lipinski definition) is 2. The second-order valence-corrected chi connectivity index (χ2v) is 6.76. The smallest absolute Gasteiger partial charge is 0.221 e. The van der Waals surface area contributed by atoms with Gasteiger partial charge < -0.3 is 11.1 Å². The van der Waals surface area contributed by atoms with Crippen LogP contribution in [0.3, 0.4) is 0 Å². The Balaban J connectivity index is 2.15. The summed E-state index contributed by atoms with van der Waals surface area (Å²) in [7, 11) is -2.99. The monoisotopic (exact) mass is 248 g/mol. The molecule has 1 atom stereocenters. The molecular formula is C10H20N2O3S. The lowest BCUT2D eigenvalue weighted by atomic mass is 10.1. The number of amides is 1. The molecule has 3 N–H and O–H groups in total. The molecule has 0 aromatic carbocycles. The lowest BCUT2D eigenvalue weighted by molar-refractivity contribution is -0.121. The Labute approximate surface area is 96.7 Å². The molecule has 1 fully saturated rings. The van der Waals surface area contributed by atoms with Crippen molar-refractivity contribution in [1.29, 1.82) is 0 Å². The van der Waals surface area contributed by atoms with Crippen LogP contribution in [-0.4, -0.2) is 38.4 Å². The molecule has 0 heterocycles. The van der Waals surface area contributed by atoms with E-state index in [0.29, 0.717) is 12.3 Å². The molecule has 0 aromatic rings. The van der Waals surface area contributed by atoms with Gasteiger partial charge in [0.1, 0.15) is 0 Å². The Kier molecular flexibility index (Phi) is 4.73. The van der Waals surface area contributed by atoms with Crippen LogP contribution in [0.2, 0.25) is 0 Å². The fourth-order valence-electron chi connectivity index (χ4n) is 1.47. The van der Waals surface area contributed by atoms with Crippen LogP contribution < -0.4 is 11.1 Å². The van der Waals surface area contributed by atoms with E-state index in [9.17, 15) is 13.2 Å². The van der Waals surface area contributed by atoms with Crippen LogP contribution >= 0.6 is 0 Å². The summed E-state index contributed by atoms with van der Waals surface area (Å²) in [4.78, 5) is 11.4. The van der Waals surface area contributed by atoms with Crippen LogP contribution in [0.25, 0.3) is 0 Å². The number of carbonyl (C=O) groups excluding carboxylic acids is 1. The van der Waals surface area contributed by atoms with E-state index >= 15 is 0 Å². The summed E-state index contributed by atoms with van der Waals surface area (Å²) >= 11 is 0. The Morgan fingerprint density at radius 1 is 1.50 bits per heavy atom. The van der Waals surface area contributed by atoms with Gasteiger partial charge in [-0.05, 0) is 18.8 Å². The number of carbonyl (C=O) groups is 1. The van der Waals surface area contributed by atoms with Crippen molar-refractivity contribution in [2.75, 3.05) is 18.1 Å². The van der Waals surface area contributed by atoms with Gasteiger partial charge in [-0.15, -0.1) is 0 Å². The summed E-state index contributed by atoms with van der Waals surface area (Å²) in [6, 6.07) is -0.0669. The molecule has 0 bridgehead atoms. The predicted octanol–water partition coefficient (Wildman–Crippen LogP) is -0.335. The van der Waals surface area contributed by atoms with Crippen LogP contribution in [0.4, 0.5) is 0 Å². The van der Waals surface area contributed by atoms with Gasteiger partial charge in [0.15, 0.2) is 9.84 Å². The maximum atomic E-state index is 11.4. The maximum Gasteiger partial charge on any atom is 0.221 e. The first-order valence-electron chi connectivity index (χ1n) is 5.67. The quantitative estimate of drug-likeness (QED) is 0.645. The third-order valence-electron chi connectivity index (χ3n) is 2.82. The Hall–Kier alpha value is -0.620. The third kappa shape index (κ3) is 4.94. The minimum absolute atomic E-state index is 0.00784. The number of nitrogens with two attached hydrogens (primary N) is 1. The average molecular weight is 248 g/mol. The number of nitrogens with one attached hydrogen (secondary N) is 1. The van der Waals surface area contributed by atoms with E-state index in [4.69, 9.17) is 5.73 Å². The van der Waals surface area contributed by atoms with Crippen molar-refractivity contribution in [3.8, 4) is 0 Å². The van der Waals surface area contributed by atoms with Crippen LogP contribution in [0.5, 0.6) is 0 Å². The lowest BCUT2D eigenvalue weighted by Gasteiger charge is -2.10. The van der Waals surface area contributed by atoms with Gasteiger partial charge in [-0.2, -0.15) is 0 Å². The van der Waals surface area contributed by atoms with Crippen LogP contribution in [0.1, 0.15) is 26.2 Å². The molecular weight excluding hydrogens is 228 g/mol. The maximum absolute atomic E-state index is 11.4. The van der Waals surface area contributed by atoms with E-state index in [1.165, 1.54) is 0 Å². The van der Waals surface area contributed by atoms with Gasteiger partial charge in [-0.3, -0.25) is 4.79 Å². The predicted molar refractivity (Wildman–Crippen MR) is 62.7 cm³/mol. The molecule has 1 aliphatic rings. The molecule has 1 saturated carbocycles. The van der Waals surface area contributed by atoms with Gasteiger partial charge in [0, 0.05) is 24.8 Å². The zero-order valence-electron chi connectivity index (χ0n) is 9.61. The fraction of sp³-hybridized carbons (Fsp3) is 0.900. The van der Waals surface area contributed by atoms with E-state index in [-0.39, 0.29) is 30.0 Å². The molecule has 1 rings (SSSR count). The van der Waals surface area contributed by atoms with Gasteiger partial charge in [-0.25, -0.2) is 8.42 Å². The standard InChI is InChI=1S/C10H20N2O3S/c1-2-16(14,15)6-5-12-10(13)7-9(11)8-3-4-8/h8-9H,2-7,11H2,1H3,(H,12,13).